The molecule has 0 aliphatic carbocycles. The minimum absolute atomic E-state index is 0.170. The number of carbonyl (C=O) groups is 1. The third-order valence-electron chi connectivity index (χ3n) is 3.04. The number of rotatable bonds is 4. The molecule has 3 rings (SSSR count). The van der Waals surface area contributed by atoms with Crippen molar-refractivity contribution in [2.75, 3.05) is 5.32 Å². The molecule has 4 nitrogen and oxygen atoms in total. The number of carboxylic acid groups (broad SMARTS) is 1. The van der Waals surface area contributed by atoms with Gasteiger partial charge in [0.1, 0.15) is 4.88 Å². The van der Waals surface area contributed by atoms with E-state index >= 15 is 0 Å². The second kappa shape index (κ2) is 6.58. The van der Waals surface area contributed by atoms with Gasteiger partial charge in [-0.05, 0) is 18.2 Å². The van der Waals surface area contributed by atoms with E-state index in [0.717, 1.165) is 16.9 Å². The van der Waals surface area contributed by atoms with E-state index in [-0.39, 0.29) is 4.88 Å². The second-order valence-corrected chi connectivity index (χ2v) is 6.46. The van der Waals surface area contributed by atoms with Crippen molar-refractivity contribution >= 4 is 51.3 Å². The number of benzene rings is 2. The lowest BCUT2D eigenvalue weighted by Crippen LogP contribution is -1.95. The van der Waals surface area contributed by atoms with Crippen LogP contribution in [0.3, 0.4) is 0 Å². The van der Waals surface area contributed by atoms with Crippen molar-refractivity contribution in [2.45, 2.75) is 0 Å². The number of thiazole rings is 1. The van der Waals surface area contributed by atoms with Crippen LogP contribution in [0.15, 0.2) is 48.5 Å². The first-order valence-corrected chi connectivity index (χ1v) is 8.13. The van der Waals surface area contributed by atoms with Gasteiger partial charge in [-0.15, -0.1) is 0 Å². The monoisotopic (exact) mass is 364 g/mol. The van der Waals surface area contributed by atoms with Gasteiger partial charge >= 0.3 is 5.97 Å². The van der Waals surface area contributed by atoms with Crippen molar-refractivity contribution in [3.05, 3.63) is 63.5 Å². The van der Waals surface area contributed by atoms with Gasteiger partial charge < -0.3 is 10.4 Å². The Morgan fingerprint density at radius 1 is 1.13 bits per heavy atom. The van der Waals surface area contributed by atoms with Crippen molar-refractivity contribution in [2.24, 2.45) is 0 Å². The zero-order valence-electron chi connectivity index (χ0n) is 11.6. The molecule has 0 aliphatic heterocycles. The van der Waals surface area contributed by atoms with Crippen LogP contribution < -0.4 is 5.32 Å². The Labute approximate surface area is 146 Å². The summed E-state index contributed by atoms with van der Waals surface area (Å²) in [5, 5.41) is 13.8. The average molecular weight is 365 g/mol. The summed E-state index contributed by atoms with van der Waals surface area (Å²) in [4.78, 5) is 16.0. The van der Waals surface area contributed by atoms with Gasteiger partial charge in [0, 0.05) is 10.6 Å². The Balaban J connectivity index is 2.00. The van der Waals surface area contributed by atoms with Gasteiger partial charge in [-0.3, -0.25) is 0 Å². The molecule has 2 N–H and O–H groups in total. The molecule has 7 heteroatoms. The molecule has 0 fully saturated rings. The highest BCUT2D eigenvalue weighted by molar-refractivity contribution is 7.18. The SMILES string of the molecule is O=C(O)c1sc(Nc2ccc(Cl)cc2Cl)nc1-c1ccccc1. The Kier molecular flexibility index (Phi) is 4.52. The first-order valence-electron chi connectivity index (χ1n) is 6.56. The molecule has 0 saturated heterocycles. The summed E-state index contributed by atoms with van der Waals surface area (Å²) >= 11 is 13.0. The van der Waals surface area contributed by atoms with E-state index in [1.54, 1.807) is 18.2 Å². The van der Waals surface area contributed by atoms with Crippen molar-refractivity contribution in [1.82, 2.24) is 4.98 Å². The standard InChI is InChI=1S/C16H10Cl2N2O2S/c17-10-6-7-12(11(18)8-10)19-16-20-13(14(23-16)15(21)22)9-4-2-1-3-5-9/h1-8H,(H,19,20)(H,21,22). The van der Waals surface area contributed by atoms with Gasteiger partial charge in [0.05, 0.1) is 16.4 Å². The Hall–Kier alpha value is -2.08. The summed E-state index contributed by atoms with van der Waals surface area (Å²) in [5.74, 6) is -1.02. The molecule has 2 aromatic carbocycles. The fourth-order valence-electron chi connectivity index (χ4n) is 2.02. The van der Waals surface area contributed by atoms with Crippen molar-refractivity contribution in [3.8, 4) is 11.3 Å². The summed E-state index contributed by atoms with van der Waals surface area (Å²) in [6.07, 6.45) is 0. The van der Waals surface area contributed by atoms with E-state index < -0.39 is 5.97 Å². The molecule has 1 heterocycles. The molecule has 116 valence electrons. The Morgan fingerprint density at radius 2 is 1.87 bits per heavy atom. The zero-order valence-corrected chi connectivity index (χ0v) is 13.9. The van der Waals surface area contributed by atoms with E-state index in [4.69, 9.17) is 23.2 Å². The molecule has 23 heavy (non-hydrogen) atoms. The molecule has 1 aromatic heterocycles. The van der Waals surface area contributed by atoms with E-state index in [9.17, 15) is 9.90 Å². The summed E-state index contributed by atoms with van der Waals surface area (Å²) in [7, 11) is 0. The van der Waals surface area contributed by atoms with Crippen LogP contribution in [0.2, 0.25) is 10.0 Å². The van der Waals surface area contributed by atoms with Crippen LogP contribution in [0, 0.1) is 0 Å². The summed E-state index contributed by atoms with van der Waals surface area (Å²) < 4.78 is 0. The third kappa shape index (κ3) is 3.47. The van der Waals surface area contributed by atoms with Gasteiger partial charge in [0.2, 0.25) is 0 Å². The highest BCUT2D eigenvalue weighted by atomic mass is 35.5. The molecule has 0 atom stereocenters. The predicted octanol–water partition coefficient (Wildman–Crippen LogP) is 5.56. The smallest absolute Gasteiger partial charge is 0.348 e. The maximum Gasteiger partial charge on any atom is 0.348 e. The topological polar surface area (TPSA) is 62.2 Å². The van der Waals surface area contributed by atoms with E-state index in [0.29, 0.717) is 26.6 Å². The largest absolute Gasteiger partial charge is 0.477 e. The summed E-state index contributed by atoms with van der Waals surface area (Å²) in [6.45, 7) is 0. The van der Waals surface area contributed by atoms with Crippen LogP contribution in [0.25, 0.3) is 11.3 Å². The highest BCUT2D eigenvalue weighted by Crippen LogP contribution is 2.34. The number of carboxylic acids is 1. The van der Waals surface area contributed by atoms with Crippen LogP contribution in [0.1, 0.15) is 9.67 Å². The van der Waals surface area contributed by atoms with Gasteiger partial charge in [-0.25, -0.2) is 9.78 Å². The molecule has 0 saturated carbocycles. The lowest BCUT2D eigenvalue weighted by atomic mass is 10.1. The minimum Gasteiger partial charge on any atom is -0.477 e. The summed E-state index contributed by atoms with van der Waals surface area (Å²) in [5.41, 5.74) is 1.79. The first-order chi connectivity index (χ1) is 11.0. The van der Waals surface area contributed by atoms with Crippen molar-refractivity contribution in [1.29, 1.82) is 0 Å². The highest BCUT2D eigenvalue weighted by Gasteiger charge is 2.19. The third-order valence-corrected chi connectivity index (χ3v) is 4.55. The number of aromatic nitrogens is 1. The zero-order chi connectivity index (χ0) is 16.4. The number of nitrogens with one attached hydrogen (secondary N) is 1. The van der Waals surface area contributed by atoms with Gasteiger partial charge in [-0.1, -0.05) is 64.9 Å². The fourth-order valence-corrected chi connectivity index (χ4v) is 3.31. The van der Waals surface area contributed by atoms with Crippen LogP contribution >= 0.6 is 34.5 Å². The number of aromatic carboxylic acids is 1. The molecule has 0 spiro atoms. The molecule has 0 bridgehead atoms. The first kappa shape index (κ1) is 15.8. The molecule has 0 aliphatic rings. The van der Waals surface area contributed by atoms with Crippen molar-refractivity contribution < 1.29 is 9.90 Å². The van der Waals surface area contributed by atoms with Crippen LogP contribution in [-0.4, -0.2) is 16.1 Å². The number of hydrogen-bond donors (Lipinski definition) is 2. The van der Waals surface area contributed by atoms with E-state index in [1.165, 1.54) is 0 Å². The fraction of sp³-hybridized carbons (Fsp3) is 0. The number of hydrogen-bond acceptors (Lipinski definition) is 4. The van der Waals surface area contributed by atoms with Gasteiger partial charge in [0.25, 0.3) is 0 Å². The molecule has 3 aromatic rings. The average Bonchev–Trinajstić information content (AvgIpc) is 2.95. The maximum atomic E-state index is 11.5. The quantitative estimate of drug-likeness (QED) is 0.636. The Morgan fingerprint density at radius 3 is 2.52 bits per heavy atom. The molecular weight excluding hydrogens is 355 g/mol. The van der Waals surface area contributed by atoms with Gasteiger partial charge in [0.15, 0.2) is 5.13 Å². The maximum absolute atomic E-state index is 11.5. The van der Waals surface area contributed by atoms with Crippen molar-refractivity contribution in [3.63, 3.8) is 0 Å². The molecule has 0 radical (unpaired) electrons. The van der Waals surface area contributed by atoms with Crippen LogP contribution in [0.5, 0.6) is 0 Å². The summed E-state index contributed by atoms with van der Waals surface area (Å²) in [6, 6.07) is 14.2. The van der Waals surface area contributed by atoms with Crippen LogP contribution in [-0.2, 0) is 0 Å². The lowest BCUT2D eigenvalue weighted by Gasteiger charge is -2.05. The second-order valence-electron chi connectivity index (χ2n) is 4.62. The molecular formula is C16H10Cl2N2O2S. The lowest BCUT2D eigenvalue weighted by molar-refractivity contribution is 0.0702. The molecule has 0 unspecified atom stereocenters. The molecule has 0 amide bonds. The number of anilines is 2. The normalized spacial score (nSPS) is 10.5. The predicted molar refractivity (Wildman–Crippen MR) is 94.3 cm³/mol. The number of nitrogens with zero attached hydrogens (tertiary/aromatic N) is 1. The Bertz CT molecular complexity index is 866. The number of halogens is 2. The van der Waals surface area contributed by atoms with E-state index in [2.05, 4.69) is 10.3 Å². The minimum atomic E-state index is -1.02. The van der Waals surface area contributed by atoms with E-state index in [1.807, 2.05) is 30.3 Å². The van der Waals surface area contributed by atoms with Gasteiger partial charge in [-0.2, -0.15) is 0 Å². The van der Waals surface area contributed by atoms with Crippen LogP contribution in [0.4, 0.5) is 10.8 Å².